The second-order valence-electron chi connectivity index (χ2n) is 15.2. The molecule has 1 aliphatic rings. The molecule has 272 valence electrons. The molecule has 0 spiro atoms. The molecule has 0 aliphatic heterocycles. The molecule has 5 heteroatoms. The predicted molar refractivity (Wildman–Crippen MR) is 234 cm³/mol. The van der Waals surface area contributed by atoms with E-state index in [0.717, 1.165) is 67.1 Å². The maximum Gasteiger partial charge on any atom is 0.227 e. The topological polar surface area (TPSA) is 45.7 Å². The first-order valence-electron chi connectivity index (χ1n) is 19.4. The number of nitrogens with zero attached hydrogens (tertiary/aromatic N) is 3. The van der Waals surface area contributed by atoms with E-state index < -0.39 is 0 Å². The molecule has 0 saturated heterocycles. The van der Waals surface area contributed by atoms with Crippen molar-refractivity contribution in [3.63, 3.8) is 0 Å². The highest BCUT2D eigenvalue weighted by atomic mass is 16.3. The van der Waals surface area contributed by atoms with Gasteiger partial charge in [-0.2, -0.15) is 0 Å². The normalized spacial score (nSPS) is 12.9. The zero-order chi connectivity index (χ0) is 38.1. The van der Waals surface area contributed by atoms with Crippen LogP contribution >= 0.6 is 0 Å². The van der Waals surface area contributed by atoms with E-state index in [9.17, 15) is 0 Å². The fourth-order valence-electron chi connectivity index (χ4n) is 8.71. The standard InChI is InChI=1S/C52H37N3O2/c1-52(2)44-24-14-12-22-40(44)41-28-26-37(30-45(41)52)54(35-18-8-4-9-19-35)39-31-46-50(57-51(53-46)34-16-6-3-7-17-34)47(32-39)55(36-20-10-5-11-21-36)38-27-29-43-42-23-13-15-25-48(42)56-49(43)33-38/h3-33H,1-2H3. The smallest absolute Gasteiger partial charge is 0.227 e. The van der Waals surface area contributed by atoms with Gasteiger partial charge in [-0.1, -0.05) is 117 Å². The fraction of sp³-hybridized carbons (Fsp3) is 0.0577. The number of anilines is 6. The molecular formula is C52H37N3O2. The summed E-state index contributed by atoms with van der Waals surface area (Å²) in [4.78, 5) is 9.78. The van der Waals surface area contributed by atoms with E-state index in [4.69, 9.17) is 13.8 Å². The summed E-state index contributed by atoms with van der Waals surface area (Å²) >= 11 is 0. The first-order chi connectivity index (χ1) is 28.0. The van der Waals surface area contributed by atoms with Crippen molar-refractivity contribution in [2.24, 2.45) is 0 Å². The van der Waals surface area contributed by atoms with Gasteiger partial charge in [0, 0.05) is 44.9 Å². The average molecular weight is 736 g/mol. The molecule has 2 aromatic heterocycles. The Hall–Kier alpha value is -7.37. The lowest BCUT2D eigenvalue weighted by atomic mass is 9.82. The molecule has 0 bridgehead atoms. The zero-order valence-corrected chi connectivity index (χ0v) is 31.6. The Morgan fingerprint density at radius 1 is 0.439 bits per heavy atom. The van der Waals surface area contributed by atoms with E-state index in [2.05, 4.69) is 163 Å². The number of oxazole rings is 1. The van der Waals surface area contributed by atoms with Crippen LogP contribution in [0.5, 0.6) is 0 Å². The first kappa shape index (κ1) is 33.0. The second kappa shape index (κ2) is 12.9. The minimum Gasteiger partial charge on any atom is -0.456 e. The lowest BCUT2D eigenvalue weighted by Gasteiger charge is -2.30. The molecule has 0 N–H and O–H groups in total. The molecule has 0 saturated carbocycles. The van der Waals surface area contributed by atoms with Crippen LogP contribution in [0.2, 0.25) is 0 Å². The lowest BCUT2D eigenvalue weighted by molar-refractivity contribution is 0.620. The third kappa shape index (κ3) is 5.35. The van der Waals surface area contributed by atoms with Crippen LogP contribution in [0.3, 0.4) is 0 Å². The summed E-state index contributed by atoms with van der Waals surface area (Å²) in [5.74, 6) is 0.563. The quantitative estimate of drug-likeness (QED) is 0.163. The minimum absolute atomic E-state index is 0.157. The van der Waals surface area contributed by atoms with Crippen molar-refractivity contribution in [2.75, 3.05) is 9.80 Å². The SMILES string of the molecule is CC1(C)c2ccccc2-c2ccc(N(c3ccccc3)c3cc(N(c4ccccc4)c4ccc5c(c4)oc4ccccc45)c4oc(-c5ccccc5)nc4c3)cc21. The highest BCUT2D eigenvalue weighted by Crippen LogP contribution is 2.52. The monoisotopic (exact) mass is 735 g/mol. The summed E-state index contributed by atoms with van der Waals surface area (Å²) in [6.45, 7) is 4.66. The molecule has 2 heterocycles. The van der Waals surface area contributed by atoms with E-state index in [1.165, 1.54) is 22.3 Å². The molecule has 8 aromatic carbocycles. The molecule has 0 fully saturated rings. The van der Waals surface area contributed by atoms with Gasteiger partial charge in [0.1, 0.15) is 16.7 Å². The Bertz CT molecular complexity index is 3110. The van der Waals surface area contributed by atoms with E-state index in [-0.39, 0.29) is 5.41 Å². The first-order valence-corrected chi connectivity index (χ1v) is 19.4. The molecule has 10 aromatic rings. The van der Waals surface area contributed by atoms with Crippen molar-refractivity contribution in [3.8, 4) is 22.6 Å². The minimum atomic E-state index is -0.157. The number of rotatable bonds is 7. The highest BCUT2D eigenvalue weighted by molar-refractivity contribution is 6.07. The van der Waals surface area contributed by atoms with Gasteiger partial charge in [0.15, 0.2) is 5.58 Å². The van der Waals surface area contributed by atoms with Crippen molar-refractivity contribution in [1.82, 2.24) is 4.98 Å². The number of fused-ring (bicyclic) bond motifs is 7. The molecule has 5 nitrogen and oxygen atoms in total. The summed E-state index contributed by atoms with van der Waals surface area (Å²) in [6, 6.07) is 65.9. The van der Waals surface area contributed by atoms with Crippen LogP contribution in [0.25, 0.3) is 55.6 Å². The van der Waals surface area contributed by atoms with Gasteiger partial charge in [0.2, 0.25) is 5.89 Å². The van der Waals surface area contributed by atoms with Crippen LogP contribution in [0.4, 0.5) is 34.1 Å². The molecule has 1 aliphatic carbocycles. The number of hydrogen-bond donors (Lipinski definition) is 0. The van der Waals surface area contributed by atoms with E-state index >= 15 is 0 Å². The molecular weight excluding hydrogens is 699 g/mol. The van der Waals surface area contributed by atoms with E-state index in [0.29, 0.717) is 11.5 Å². The molecule has 0 atom stereocenters. The van der Waals surface area contributed by atoms with Gasteiger partial charge in [-0.25, -0.2) is 4.98 Å². The van der Waals surface area contributed by atoms with Gasteiger partial charge in [-0.05, 0) is 101 Å². The Balaban J connectivity index is 1.17. The Labute approximate surface area is 330 Å². The number of furan rings is 1. The third-order valence-electron chi connectivity index (χ3n) is 11.4. The van der Waals surface area contributed by atoms with Crippen molar-refractivity contribution in [3.05, 3.63) is 199 Å². The second-order valence-corrected chi connectivity index (χ2v) is 15.2. The van der Waals surface area contributed by atoms with E-state index in [1.807, 2.05) is 48.5 Å². The van der Waals surface area contributed by atoms with Gasteiger partial charge in [0.05, 0.1) is 17.1 Å². The van der Waals surface area contributed by atoms with Gasteiger partial charge >= 0.3 is 0 Å². The van der Waals surface area contributed by atoms with Crippen LogP contribution < -0.4 is 9.80 Å². The van der Waals surface area contributed by atoms with Crippen molar-refractivity contribution in [1.29, 1.82) is 0 Å². The van der Waals surface area contributed by atoms with Gasteiger partial charge in [-0.15, -0.1) is 0 Å². The summed E-state index contributed by atoms with van der Waals surface area (Å²) in [5.41, 5.74) is 14.9. The molecule has 11 rings (SSSR count). The zero-order valence-electron chi connectivity index (χ0n) is 31.6. The largest absolute Gasteiger partial charge is 0.456 e. The van der Waals surface area contributed by atoms with Gasteiger partial charge < -0.3 is 18.6 Å². The summed E-state index contributed by atoms with van der Waals surface area (Å²) in [5, 5.41) is 2.17. The lowest BCUT2D eigenvalue weighted by Crippen LogP contribution is -2.17. The highest BCUT2D eigenvalue weighted by Gasteiger charge is 2.36. The maximum atomic E-state index is 6.82. The van der Waals surface area contributed by atoms with Crippen LogP contribution in [0.15, 0.2) is 197 Å². The predicted octanol–water partition coefficient (Wildman–Crippen LogP) is 14.6. The van der Waals surface area contributed by atoms with Crippen molar-refractivity contribution >= 4 is 67.2 Å². The Kier molecular flexibility index (Phi) is 7.45. The van der Waals surface area contributed by atoms with Gasteiger partial charge in [0.25, 0.3) is 0 Å². The summed E-state index contributed by atoms with van der Waals surface area (Å²) < 4.78 is 13.3. The third-order valence-corrected chi connectivity index (χ3v) is 11.4. The van der Waals surface area contributed by atoms with Crippen LogP contribution in [-0.2, 0) is 5.41 Å². The van der Waals surface area contributed by atoms with Crippen LogP contribution in [0, 0.1) is 0 Å². The van der Waals surface area contributed by atoms with Crippen molar-refractivity contribution < 1.29 is 8.83 Å². The molecule has 0 amide bonds. The summed E-state index contributed by atoms with van der Waals surface area (Å²) in [6.07, 6.45) is 0. The maximum absolute atomic E-state index is 6.82. The van der Waals surface area contributed by atoms with Crippen LogP contribution in [0.1, 0.15) is 25.0 Å². The number of hydrogen-bond acceptors (Lipinski definition) is 5. The van der Waals surface area contributed by atoms with Crippen molar-refractivity contribution in [2.45, 2.75) is 19.3 Å². The van der Waals surface area contributed by atoms with Gasteiger partial charge in [-0.3, -0.25) is 0 Å². The number of benzene rings is 8. The molecule has 0 unspecified atom stereocenters. The average Bonchev–Trinajstić information content (AvgIpc) is 3.93. The Morgan fingerprint density at radius 2 is 1.05 bits per heavy atom. The molecule has 0 radical (unpaired) electrons. The molecule has 57 heavy (non-hydrogen) atoms. The summed E-state index contributed by atoms with van der Waals surface area (Å²) in [7, 11) is 0. The van der Waals surface area contributed by atoms with E-state index in [1.54, 1.807) is 0 Å². The Morgan fingerprint density at radius 3 is 1.84 bits per heavy atom. The number of aromatic nitrogens is 1. The number of para-hydroxylation sites is 3. The fourth-order valence-corrected chi connectivity index (χ4v) is 8.71. The van der Waals surface area contributed by atoms with Crippen LogP contribution in [-0.4, -0.2) is 4.98 Å².